The van der Waals surface area contributed by atoms with Gasteiger partial charge < -0.3 is 14.7 Å². The van der Waals surface area contributed by atoms with Gasteiger partial charge in [0.15, 0.2) is 0 Å². The van der Waals surface area contributed by atoms with Gasteiger partial charge in [0.05, 0.1) is 7.11 Å². The summed E-state index contributed by atoms with van der Waals surface area (Å²) in [5.74, 6) is 0.233. The first-order chi connectivity index (χ1) is 11.5. The number of carboxylic acids is 1. The number of hydrogen-bond donors (Lipinski definition) is 1. The molecular formula is C19H27NO4. The molecular weight excluding hydrogens is 306 g/mol. The summed E-state index contributed by atoms with van der Waals surface area (Å²) in [7, 11) is 1.63. The lowest BCUT2D eigenvalue weighted by atomic mass is 9.93. The molecule has 1 aliphatic rings. The highest BCUT2D eigenvalue weighted by Gasteiger charge is 2.28. The first kappa shape index (κ1) is 18.3. The molecule has 0 bridgehead atoms. The Bertz CT molecular complexity index is 572. The molecule has 1 saturated heterocycles. The quantitative estimate of drug-likeness (QED) is 0.830. The molecule has 2 rings (SSSR count). The van der Waals surface area contributed by atoms with Crippen molar-refractivity contribution >= 4 is 11.9 Å². The third kappa shape index (κ3) is 4.98. The van der Waals surface area contributed by atoms with E-state index in [2.05, 4.69) is 0 Å². The molecule has 0 unspecified atom stereocenters. The number of benzene rings is 1. The van der Waals surface area contributed by atoms with E-state index in [9.17, 15) is 9.59 Å². The minimum absolute atomic E-state index is 0.0693. The number of methoxy groups -OCH3 is 1. The molecule has 0 saturated carbocycles. The Morgan fingerprint density at radius 1 is 1.38 bits per heavy atom. The second kappa shape index (κ2) is 8.71. The topological polar surface area (TPSA) is 66.8 Å². The molecule has 1 fully saturated rings. The Labute approximate surface area is 143 Å². The fraction of sp³-hybridized carbons (Fsp3) is 0.579. The van der Waals surface area contributed by atoms with Crippen LogP contribution in [0.25, 0.3) is 0 Å². The van der Waals surface area contributed by atoms with Gasteiger partial charge in [0.2, 0.25) is 5.91 Å². The van der Waals surface area contributed by atoms with Crippen molar-refractivity contribution in [2.75, 3.05) is 13.7 Å². The number of carboxylic acid groups (broad SMARTS) is 1. The third-order valence-electron chi connectivity index (χ3n) is 4.78. The van der Waals surface area contributed by atoms with Crippen LogP contribution in [0.15, 0.2) is 24.3 Å². The zero-order chi connectivity index (χ0) is 17.5. The Morgan fingerprint density at radius 3 is 2.88 bits per heavy atom. The molecule has 1 aromatic carbocycles. The van der Waals surface area contributed by atoms with E-state index < -0.39 is 5.97 Å². The van der Waals surface area contributed by atoms with Crippen molar-refractivity contribution in [3.05, 3.63) is 29.8 Å². The van der Waals surface area contributed by atoms with Crippen LogP contribution in [0.5, 0.6) is 5.75 Å². The van der Waals surface area contributed by atoms with Crippen molar-refractivity contribution in [3.63, 3.8) is 0 Å². The maximum Gasteiger partial charge on any atom is 0.303 e. The molecule has 2 atom stereocenters. The lowest BCUT2D eigenvalue weighted by molar-refractivity contribution is -0.140. The number of hydrogen-bond acceptors (Lipinski definition) is 3. The monoisotopic (exact) mass is 333 g/mol. The number of amides is 1. The predicted molar refractivity (Wildman–Crippen MR) is 92.2 cm³/mol. The average Bonchev–Trinajstić information content (AvgIpc) is 2.60. The molecule has 24 heavy (non-hydrogen) atoms. The highest BCUT2D eigenvalue weighted by molar-refractivity contribution is 5.77. The molecule has 1 amide bonds. The number of rotatable bonds is 7. The van der Waals surface area contributed by atoms with Crippen LogP contribution in [-0.4, -0.2) is 41.6 Å². The smallest absolute Gasteiger partial charge is 0.303 e. The molecule has 1 heterocycles. The van der Waals surface area contributed by atoms with E-state index in [0.717, 1.165) is 37.1 Å². The second-order valence-electron chi connectivity index (χ2n) is 6.55. The average molecular weight is 333 g/mol. The summed E-state index contributed by atoms with van der Waals surface area (Å²) >= 11 is 0. The molecule has 0 aromatic heterocycles. The largest absolute Gasteiger partial charge is 0.497 e. The summed E-state index contributed by atoms with van der Waals surface area (Å²) in [5, 5.41) is 8.90. The normalized spacial score (nSPS) is 18.9. The number of piperidine rings is 1. The van der Waals surface area contributed by atoms with Gasteiger partial charge in [0, 0.05) is 25.4 Å². The van der Waals surface area contributed by atoms with Gasteiger partial charge in [-0.25, -0.2) is 0 Å². The molecule has 1 aliphatic heterocycles. The summed E-state index contributed by atoms with van der Waals surface area (Å²) in [6.07, 6.45) is 4.10. The summed E-state index contributed by atoms with van der Waals surface area (Å²) in [6, 6.07) is 7.88. The first-order valence-electron chi connectivity index (χ1n) is 8.66. The Morgan fingerprint density at radius 2 is 2.17 bits per heavy atom. The standard InChI is InChI=1S/C19H27NO4/c1-14(15-6-5-8-17(13-15)24-2)12-18(21)20-11-4-3-7-16(20)9-10-19(22)23/h5-6,8,13-14,16H,3-4,7,9-12H2,1-2H3,(H,22,23)/t14-,16+/m0/s1. The molecule has 0 radical (unpaired) electrons. The van der Waals surface area contributed by atoms with Gasteiger partial charge in [-0.15, -0.1) is 0 Å². The summed E-state index contributed by atoms with van der Waals surface area (Å²) in [4.78, 5) is 25.5. The van der Waals surface area contributed by atoms with Crippen molar-refractivity contribution in [2.24, 2.45) is 0 Å². The van der Waals surface area contributed by atoms with E-state index in [0.29, 0.717) is 12.8 Å². The highest BCUT2D eigenvalue weighted by atomic mass is 16.5. The molecule has 5 heteroatoms. The van der Waals surface area contributed by atoms with Gasteiger partial charge in [0.1, 0.15) is 5.75 Å². The van der Waals surface area contributed by atoms with Crippen LogP contribution in [-0.2, 0) is 9.59 Å². The van der Waals surface area contributed by atoms with Gasteiger partial charge in [-0.2, -0.15) is 0 Å². The maximum atomic E-state index is 12.7. The van der Waals surface area contributed by atoms with Crippen LogP contribution in [0.4, 0.5) is 0 Å². The number of likely N-dealkylation sites (tertiary alicyclic amines) is 1. The fourth-order valence-electron chi connectivity index (χ4n) is 3.36. The number of carbonyl (C=O) groups excluding carboxylic acids is 1. The van der Waals surface area contributed by atoms with E-state index in [4.69, 9.17) is 9.84 Å². The van der Waals surface area contributed by atoms with Gasteiger partial charge in [-0.3, -0.25) is 9.59 Å². The van der Waals surface area contributed by atoms with Crippen LogP contribution in [0.1, 0.15) is 56.9 Å². The number of aliphatic carboxylic acids is 1. The van der Waals surface area contributed by atoms with Crippen LogP contribution in [0.3, 0.4) is 0 Å². The second-order valence-corrected chi connectivity index (χ2v) is 6.55. The molecule has 1 aromatic rings. The van der Waals surface area contributed by atoms with E-state index >= 15 is 0 Å². The maximum absolute atomic E-state index is 12.7. The fourth-order valence-corrected chi connectivity index (χ4v) is 3.36. The highest BCUT2D eigenvalue weighted by Crippen LogP contribution is 2.27. The number of nitrogens with zero attached hydrogens (tertiary/aromatic N) is 1. The Hall–Kier alpha value is -2.04. The zero-order valence-corrected chi connectivity index (χ0v) is 14.5. The molecule has 0 spiro atoms. The molecule has 5 nitrogen and oxygen atoms in total. The minimum atomic E-state index is -0.794. The van der Waals surface area contributed by atoms with Crippen molar-refractivity contribution in [1.82, 2.24) is 4.90 Å². The molecule has 0 aliphatic carbocycles. The van der Waals surface area contributed by atoms with Crippen LogP contribution >= 0.6 is 0 Å². The lowest BCUT2D eigenvalue weighted by Crippen LogP contribution is -2.44. The summed E-state index contributed by atoms with van der Waals surface area (Å²) < 4.78 is 5.25. The Kier molecular flexibility index (Phi) is 6.64. The van der Waals surface area contributed by atoms with Crippen LogP contribution < -0.4 is 4.74 Å². The van der Waals surface area contributed by atoms with E-state index in [1.165, 1.54) is 0 Å². The van der Waals surface area contributed by atoms with Crippen LogP contribution in [0.2, 0.25) is 0 Å². The Balaban J connectivity index is 1.99. The van der Waals surface area contributed by atoms with Crippen molar-refractivity contribution in [3.8, 4) is 5.75 Å². The van der Waals surface area contributed by atoms with Crippen molar-refractivity contribution in [2.45, 2.75) is 57.4 Å². The van der Waals surface area contributed by atoms with E-state index in [1.807, 2.05) is 36.1 Å². The van der Waals surface area contributed by atoms with Gasteiger partial charge >= 0.3 is 5.97 Å². The zero-order valence-electron chi connectivity index (χ0n) is 14.5. The number of carbonyl (C=O) groups is 2. The lowest BCUT2D eigenvalue weighted by Gasteiger charge is -2.36. The molecule has 132 valence electrons. The third-order valence-corrected chi connectivity index (χ3v) is 4.78. The van der Waals surface area contributed by atoms with Gasteiger partial charge in [-0.1, -0.05) is 19.1 Å². The van der Waals surface area contributed by atoms with Crippen molar-refractivity contribution < 1.29 is 19.4 Å². The minimum Gasteiger partial charge on any atom is -0.497 e. The predicted octanol–water partition coefficient (Wildman–Crippen LogP) is 3.43. The van der Waals surface area contributed by atoms with Crippen molar-refractivity contribution in [1.29, 1.82) is 0 Å². The number of ether oxygens (including phenoxy) is 1. The van der Waals surface area contributed by atoms with E-state index in [1.54, 1.807) is 7.11 Å². The van der Waals surface area contributed by atoms with Crippen LogP contribution in [0, 0.1) is 0 Å². The first-order valence-corrected chi connectivity index (χ1v) is 8.66. The van der Waals surface area contributed by atoms with Gasteiger partial charge in [-0.05, 0) is 49.3 Å². The summed E-state index contributed by atoms with van der Waals surface area (Å²) in [5.41, 5.74) is 1.08. The SMILES string of the molecule is COc1cccc([C@@H](C)CC(=O)N2CCCC[C@@H]2CCC(=O)O)c1. The summed E-state index contributed by atoms with van der Waals surface area (Å²) in [6.45, 7) is 2.79. The van der Waals surface area contributed by atoms with E-state index in [-0.39, 0.29) is 24.3 Å². The molecule has 1 N–H and O–H groups in total. The van der Waals surface area contributed by atoms with Gasteiger partial charge in [0.25, 0.3) is 0 Å².